The first-order chi connectivity index (χ1) is 9.81. The quantitative estimate of drug-likeness (QED) is 0.814. The van der Waals surface area contributed by atoms with E-state index in [2.05, 4.69) is 0 Å². The van der Waals surface area contributed by atoms with Crippen LogP contribution in [0.1, 0.15) is 18.4 Å². The normalized spacial score (nSPS) is 14.0. The van der Waals surface area contributed by atoms with Gasteiger partial charge in [-0.1, -0.05) is 30.3 Å². The average molecular weight is 269 g/mol. The molecule has 1 aliphatic rings. The summed E-state index contributed by atoms with van der Waals surface area (Å²) in [6, 6.07) is 15.7. The van der Waals surface area contributed by atoms with Gasteiger partial charge in [-0.15, -0.1) is 0 Å². The fraction of sp³-hybridized carbons (Fsp3) is 0.294. The summed E-state index contributed by atoms with van der Waals surface area (Å²) in [6.45, 7) is 1.30. The van der Waals surface area contributed by atoms with Gasteiger partial charge in [0.1, 0.15) is 18.1 Å². The molecule has 0 heterocycles. The molecule has 2 aromatic rings. The summed E-state index contributed by atoms with van der Waals surface area (Å²) in [5.74, 6) is 2.25. The van der Waals surface area contributed by atoms with E-state index in [4.69, 9.17) is 15.2 Å². The van der Waals surface area contributed by atoms with Gasteiger partial charge in [0.15, 0.2) is 0 Å². The zero-order valence-electron chi connectivity index (χ0n) is 11.4. The summed E-state index contributed by atoms with van der Waals surface area (Å²) in [5.41, 5.74) is 7.70. The molecule has 0 aromatic heterocycles. The minimum absolute atomic E-state index is 0.511. The van der Waals surface area contributed by atoms with Gasteiger partial charge < -0.3 is 15.2 Å². The van der Waals surface area contributed by atoms with E-state index >= 15 is 0 Å². The molecule has 0 spiro atoms. The SMILES string of the molecule is Nc1ccc(OCC2CC2)cc1OCc1ccccc1. The minimum Gasteiger partial charge on any atom is -0.493 e. The molecule has 0 unspecified atom stereocenters. The van der Waals surface area contributed by atoms with Crippen molar-refractivity contribution in [1.29, 1.82) is 0 Å². The van der Waals surface area contributed by atoms with Crippen LogP contribution in [-0.4, -0.2) is 6.61 Å². The van der Waals surface area contributed by atoms with Gasteiger partial charge in [0.05, 0.1) is 12.3 Å². The molecule has 3 nitrogen and oxygen atoms in total. The van der Waals surface area contributed by atoms with Crippen LogP contribution >= 0.6 is 0 Å². The molecule has 1 fully saturated rings. The van der Waals surface area contributed by atoms with Gasteiger partial charge in [0.2, 0.25) is 0 Å². The van der Waals surface area contributed by atoms with Crippen LogP contribution in [0, 0.1) is 5.92 Å². The van der Waals surface area contributed by atoms with Crippen LogP contribution in [0.2, 0.25) is 0 Å². The summed E-state index contributed by atoms with van der Waals surface area (Å²) < 4.78 is 11.5. The lowest BCUT2D eigenvalue weighted by Gasteiger charge is -2.11. The second kappa shape index (κ2) is 5.87. The van der Waals surface area contributed by atoms with Crippen LogP contribution in [0.5, 0.6) is 11.5 Å². The number of anilines is 1. The molecule has 0 radical (unpaired) electrons. The molecule has 0 aliphatic heterocycles. The number of nitrogen functional groups attached to an aromatic ring is 1. The van der Waals surface area contributed by atoms with E-state index in [9.17, 15) is 0 Å². The van der Waals surface area contributed by atoms with E-state index in [1.54, 1.807) is 0 Å². The molecule has 1 aliphatic carbocycles. The highest BCUT2D eigenvalue weighted by Gasteiger charge is 2.22. The molecule has 0 atom stereocenters. The zero-order valence-corrected chi connectivity index (χ0v) is 11.4. The Morgan fingerprint density at radius 2 is 1.80 bits per heavy atom. The molecule has 1 saturated carbocycles. The minimum atomic E-state index is 0.511. The monoisotopic (exact) mass is 269 g/mol. The average Bonchev–Trinajstić information content (AvgIpc) is 3.30. The fourth-order valence-electron chi connectivity index (χ4n) is 1.96. The predicted molar refractivity (Wildman–Crippen MR) is 79.8 cm³/mol. The van der Waals surface area contributed by atoms with Gasteiger partial charge in [-0.25, -0.2) is 0 Å². The molecular weight excluding hydrogens is 250 g/mol. The smallest absolute Gasteiger partial charge is 0.146 e. The van der Waals surface area contributed by atoms with E-state index < -0.39 is 0 Å². The van der Waals surface area contributed by atoms with Gasteiger partial charge in [-0.3, -0.25) is 0 Å². The van der Waals surface area contributed by atoms with E-state index in [1.807, 2.05) is 48.5 Å². The Kier molecular flexibility index (Phi) is 3.77. The maximum Gasteiger partial charge on any atom is 0.146 e. The third-order valence-corrected chi connectivity index (χ3v) is 3.40. The van der Waals surface area contributed by atoms with Crippen molar-refractivity contribution >= 4 is 5.69 Å². The molecule has 2 N–H and O–H groups in total. The molecule has 3 rings (SSSR count). The lowest BCUT2D eigenvalue weighted by molar-refractivity contribution is 0.288. The van der Waals surface area contributed by atoms with Crippen LogP contribution in [0.3, 0.4) is 0 Å². The lowest BCUT2D eigenvalue weighted by atomic mass is 10.2. The highest BCUT2D eigenvalue weighted by Crippen LogP contribution is 2.32. The van der Waals surface area contributed by atoms with Gasteiger partial charge in [0.25, 0.3) is 0 Å². The van der Waals surface area contributed by atoms with E-state index in [0.717, 1.165) is 23.8 Å². The highest BCUT2D eigenvalue weighted by atomic mass is 16.5. The Morgan fingerprint density at radius 1 is 1.00 bits per heavy atom. The number of hydrogen-bond donors (Lipinski definition) is 1. The molecule has 2 aromatic carbocycles. The van der Waals surface area contributed by atoms with Crippen LogP contribution in [-0.2, 0) is 6.61 Å². The molecule has 0 saturated heterocycles. The van der Waals surface area contributed by atoms with Crippen molar-refractivity contribution in [2.24, 2.45) is 5.92 Å². The maximum atomic E-state index is 5.94. The Hall–Kier alpha value is -2.16. The van der Waals surface area contributed by atoms with Crippen molar-refractivity contribution < 1.29 is 9.47 Å². The summed E-state index contributed by atoms with van der Waals surface area (Å²) >= 11 is 0. The summed E-state index contributed by atoms with van der Waals surface area (Å²) in [6.07, 6.45) is 2.57. The van der Waals surface area contributed by atoms with Crippen LogP contribution in [0.15, 0.2) is 48.5 Å². The first kappa shape index (κ1) is 12.9. The van der Waals surface area contributed by atoms with Crippen molar-refractivity contribution in [3.05, 3.63) is 54.1 Å². The summed E-state index contributed by atoms with van der Waals surface area (Å²) in [4.78, 5) is 0. The number of rotatable bonds is 6. The van der Waals surface area contributed by atoms with Crippen LogP contribution in [0.4, 0.5) is 5.69 Å². The van der Waals surface area contributed by atoms with E-state index in [0.29, 0.717) is 18.0 Å². The van der Waals surface area contributed by atoms with Crippen molar-refractivity contribution in [2.75, 3.05) is 12.3 Å². The number of hydrogen-bond acceptors (Lipinski definition) is 3. The van der Waals surface area contributed by atoms with Gasteiger partial charge in [-0.2, -0.15) is 0 Å². The molecule has 0 amide bonds. The van der Waals surface area contributed by atoms with Crippen molar-refractivity contribution in [3.63, 3.8) is 0 Å². The Morgan fingerprint density at radius 3 is 2.55 bits per heavy atom. The van der Waals surface area contributed by atoms with Crippen LogP contribution in [0.25, 0.3) is 0 Å². The van der Waals surface area contributed by atoms with Crippen molar-refractivity contribution in [2.45, 2.75) is 19.4 Å². The predicted octanol–water partition coefficient (Wildman–Crippen LogP) is 3.64. The van der Waals surface area contributed by atoms with Crippen molar-refractivity contribution in [3.8, 4) is 11.5 Å². The van der Waals surface area contributed by atoms with Crippen molar-refractivity contribution in [1.82, 2.24) is 0 Å². The number of benzene rings is 2. The Balaban J connectivity index is 1.63. The van der Waals surface area contributed by atoms with E-state index in [-0.39, 0.29) is 0 Å². The third-order valence-electron chi connectivity index (χ3n) is 3.40. The second-order valence-electron chi connectivity index (χ2n) is 5.23. The van der Waals surface area contributed by atoms with Crippen LogP contribution < -0.4 is 15.2 Å². The molecular formula is C17H19NO2. The Bertz CT molecular complexity index is 564. The second-order valence-corrected chi connectivity index (χ2v) is 5.23. The fourth-order valence-corrected chi connectivity index (χ4v) is 1.96. The first-order valence-corrected chi connectivity index (χ1v) is 7.00. The van der Waals surface area contributed by atoms with Gasteiger partial charge in [-0.05, 0) is 36.5 Å². The topological polar surface area (TPSA) is 44.5 Å². The first-order valence-electron chi connectivity index (χ1n) is 7.00. The number of nitrogens with two attached hydrogens (primary N) is 1. The molecule has 3 heteroatoms. The van der Waals surface area contributed by atoms with Gasteiger partial charge >= 0.3 is 0 Å². The lowest BCUT2D eigenvalue weighted by Crippen LogP contribution is -2.02. The highest BCUT2D eigenvalue weighted by molar-refractivity contribution is 5.55. The zero-order chi connectivity index (χ0) is 13.8. The number of ether oxygens (including phenoxy) is 2. The molecule has 20 heavy (non-hydrogen) atoms. The maximum absolute atomic E-state index is 5.94. The molecule has 104 valence electrons. The summed E-state index contributed by atoms with van der Waals surface area (Å²) in [7, 11) is 0. The summed E-state index contributed by atoms with van der Waals surface area (Å²) in [5, 5.41) is 0. The third kappa shape index (κ3) is 3.44. The largest absolute Gasteiger partial charge is 0.493 e. The standard InChI is InChI=1S/C17H19NO2/c18-16-9-8-15(19-11-14-6-7-14)10-17(16)20-12-13-4-2-1-3-5-13/h1-5,8-10,14H,6-7,11-12,18H2. The van der Waals surface area contributed by atoms with E-state index in [1.165, 1.54) is 12.8 Å². The molecule has 0 bridgehead atoms. The van der Waals surface area contributed by atoms with Gasteiger partial charge in [0, 0.05) is 6.07 Å². The Labute approximate surface area is 119 Å².